The number of aliphatic hydroxyl groups excluding tert-OH is 3. The fourth-order valence-electron chi connectivity index (χ4n) is 8.42. The van der Waals surface area contributed by atoms with Crippen LogP contribution in [-0.2, 0) is 39.9 Å². The minimum Gasteiger partial charge on any atom is -0.494 e. The van der Waals surface area contributed by atoms with Crippen molar-refractivity contribution in [3.63, 3.8) is 0 Å². The number of Topliss-reactive ketones (excluding diaryl/α,β-unsaturated/α-hetero) is 1. The lowest BCUT2D eigenvalue weighted by Crippen LogP contribution is -2.60. The van der Waals surface area contributed by atoms with Crippen LogP contribution in [0.3, 0.4) is 0 Å². The number of aliphatic hydroxyl groups is 4. The Morgan fingerprint density at radius 1 is 0.982 bits per heavy atom. The summed E-state index contributed by atoms with van der Waals surface area (Å²) in [6.45, 7) is 14.1. The summed E-state index contributed by atoms with van der Waals surface area (Å²) in [5.41, 5.74) is -0.600. The number of ketones is 1. The molecule has 57 heavy (non-hydrogen) atoms. The van der Waals surface area contributed by atoms with Crippen LogP contribution in [0.2, 0.25) is 0 Å². The van der Waals surface area contributed by atoms with Crippen molar-refractivity contribution in [3.05, 3.63) is 29.8 Å². The number of amides is 1. The van der Waals surface area contributed by atoms with Crippen molar-refractivity contribution >= 4 is 17.7 Å². The number of ether oxygens (including phenoxy) is 5. The molecule has 0 saturated carbocycles. The fraction of sp³-hybridized carbons (Fsp3) is 0.786. The summed E-state index contributed by atoms with van der Waals surface area (Å²) in [7, 11) is 3.38. The van der Waals surface area contributed by atoms with Crippen LogP contribution in [0, 0.1) is 23.7 Å². The molecule has 3 rings (SSSR count). The maximum Gasteiger partial charge on any atom is 0.311 e. The van der Waals surface area contributed by atoms with Crippen LogP contribution in [-0.4, -0.2) is 129 Å². The summed E-state index contributed by atoms with van der Waals surface area (Å²) in [4.78, 5) is 40.5. The van der Waals surface area contributed by atoms with Crippen LogP contribution in [0.5, 0.6) is 5.75 Å². The number of nitrogens with one attached hydrogen (secondary N) is 1. The molecule has 0 aliphatic carbocycles. The van der Waals surface area contributed by atoms with Crippen LogP contribution < -0.4 is 10.2 Å². The number of unbranched alkanes of at least 4 members (excludes halogenated alkanes) is 2. The Bertz CT molecular complexity index is 1430. The molecule has 15 heteroatoms. The van der Waals surface area contributed by atoms with Gasteiger partial charge in [0.25, 0.3) is 0 Å². The van der Waals surface area contributed by atoms with Crippen LogP contribution in [0.25, 0.3) is 0 Å². The summed E-state index contributed by atoms with van der Waals surface area (Å²) in [5.74, 6) is -4.45. The zero-order valence-corrected chi connectivity index (χ0v) is 35.6. The van der Waals surface area contributed by atoms with Crippen molar-refractivity contribution in [2.45, 2.75) is 167 Å². The van der Waals surface area contributed by atoms with Crippen LogP contribution in [0.15, 0.2) is 24.3 Å². The Balaban J connectivity index is 1.82. The average molecular weight is 811 g/mol. The van der Waals surface area contributed by atoms with Crippen molar-refractivity contribution in [1.29, 1.82) is 0 Å². The first-order chi connectivity index (χ1) is 26.7. The average Bonchev–Trinajstić information content (AvgIpc) is 3.19. The molecule has 2 saturated heterocycles. The van der Waals surface area contributed by atoms with Gasteiger partial charge in [-0.05, 0) is 91.0 Å². The van der Waals surface area contributed by atoms with Gasteiger partial charge in [0, 0.05) is 43.9 Å². The Morgan fingerprint density at radius 2 is 1.63 bits per heavy atom. The monoisotopic (exact) mass is 810 g/mol. The lowest BCUT2D eigenvalue weighted by atomic mass is 9.74. The zero-order chi connectivity index (χ0) is 42.8. The predicted molar refractivity (Wildman–Crippen MR) is 210 cm³/mol. The molecule has 2 aliphatic rings. The number of nitrogens with zero attached hydrogens (tertiary/aromatic N) is 1. The Kier molecular flexibility index (Phi) is 18.3. The third-order valence-electron chi connectivity index (χ3n) is 12.2. The number of esters is 1. The lowest BCUT2D eigenvalue weighted by Gasteiger charge is -2.48. The summed E-state index contributed by atoms with van der Waals surface area (Å²) in [5, 5.41) is 54.9. The molecule has 0 aromatic heterocycles. The largest absolute Gasteiger partial charge is 0.494 e. The summed E-state index contributed by atoms with van der Waals surface area (Å²) >= 11 is 0. The van der Waals surface area contributed by atoms with E-state index >= 15 is 0 Å². The number of carbonyl (C=O) groups is 3. The number of hydrogen-bond acceptors (Lipinski definition) is 14. The van der Waals surface area contributed by atoms with E-state index in [0.717, 1.165) is 18.4 Å². The van der Waals surface area contributed by atoms with E-state index in [1.807, 2.05) is 43.1 Å². The van der Waals surface area contributed by atoms with E-state index in [0.29, 0.717) is 31.7 Å². The molecule has 1 aromatic rings. The van der Waals surface area contributed by atoms with Crippen molar-refractivity contribution in [1.82, 2.24) is 10.4 Å². The highest BCUT2D eigenvalue weighted by Gasteiger charge is 2.52. The number of methoxy groups -OCH3 is 1. The number of likely N-dealkylation sites (N-methyl/N-ethyl adjacent to an activating group) is 1. The van der Waals surface area contributed by atoms with Crippen molar-refractivity contribution in [2.75, 3.05) is 20.8 Å². The van der Waals surface area contributed by atoms with Gasteiger partial charge in [0.05, 0.1) is 42.5 Å². The van der Waals surface area contributed by atoms with E-state index in [2.05, 4.69) is 0 Å². The van der Waals surface area contributed by atoms with Crippen molar-refractivity contribution in [2.24, 2.45) is 23.7 Å². The highest BCUT2D eigenvalue weighted by Crippen LogP contribution is 2.39. The molecule has 15 nitrogen and oxygen atoms in total. The standard InChI is InChI=1S/C42H70N2O13/c1-11-32-42(8,51)37(49)26(4)34(46)24(2)22-41(7,53-10)38(27(5)35(47)28(6)39(50)56-32)57-40-36(48)31(21-25(3)55-40)44(9)23-29-16-18-30(19-17-29)54-20-14-12-13-15-33(45)43-52/h16-19,24-28,31-32,35-38,40,47-49,51-52H,11-15,20-23H2,1-10H3,(H,43,45)/t24-,25-,26+,27+,28-,31+,32?,35-,36-,37-,38-,40?,41+,42-/m1/s1. The normalized spacial score (nSPS) is 37.3. The highest BCUT2D eigenvalue weighted by atomic mass is 16.7. The van der Waals surface area contributed by atoms with Crippen LogP contribution in [0.1, 0.15) is 106 Å². The van der Waals surface area contributed by atoms with Gasteiger partial charge >= 0.3 is 5.97 Å². The molecule has 2 unspecified atom stereocenters. The van der Waals surface area contributed by atoms with Gasteiger partial charge in [0.15, 0.2) is 6.29 Å². The van der Waals surface area contributed by atoms with Gasteiger partial charge in [-0.3, -0.25) is 24.5 Å². The molecule has 1 aromatic carbocycles. The van der Waals surface area contributed by atoms with E-state index < -0.39 is 89.6 Å². The minimum absolute atomic E-state index is 0.0874. The summed E-state index contributed by atoms with van der Waals surface area (Å²) in [6.07, 6.45) is -4.50. The Hall–Kier alpha value is -2.73. The molecular weight excluding hydrogens is 740 g/mol. The maximum absolute atomic E-state index is 13.8. The molecule has 2 fully saturated rings. The van der Waals surface area contributed by atoms with E-state index in [1.54, 1.807) is 33.2 Å². The van der Waals surface area contributed by atoms with Gasteiger partial charge in [0.2, 0.25) is 5.91 Å². The SMILES string of the molecule is CCC1OC(=O)[C@H](C)[C@H](O)[C@H](C)[C@@H](OC2O[C@H](C)C[C@H](N(C)Cc3ccc(OCCCCCC(=O)NO)cc3)[C@H]2O)[C@@](C)(OC)C[C@@H](C)C(=O)[C@H](C)[C@@H](O)[C@]1(C)O. The molecular formula is C42H70N2O13. The van der Waals surface area contributed by atoms with Crippen LogP contribution in [0.4, 0.5) is 0 Å². The molecule has 0 bridgehead atoms. The number of cyclic esters (lactones) is 1. The topological polar surface area (TPSA) is 214 Å². The van der Waals surface area contributed by atoms with Gasteiger partial charge in [-0.25, -0.2) is 5.48 Å². The number of hydroxylamine groups is 1. The third-order valence-corrected chi connectivity index (χ3v) is 12.2. The maximum atomic E-state index is 13.8. The molecule has 14 atom stereocenters. The van der Waals surface area contributed by atoms with Crippen molar-refractivity contribution in [3.8, 4) is 5.75 Å². The van der Waals surface area contributed by atoms with Gasteiger partial charge in [-0.2, -0.15) is 0 Å². The fourth-order valence-corrected chi connectivity index (χ4v) is 8.42. The molecule has 2 heterocycles. The van der Waals surface area contributed by atoms with Gasteiger partial charge in [0.1, 0.15) is 29.3 Å². The van der Waals surface area contributed by atoms with E-state index in [9.17, 15) is 34.8 Å². The Morgan fingerprint density at radius 3 is 2.23 bits per heavy atom. The van der Waals surface area contributed by atoms with E-state index in [1.165, 1.54) is 27.9 Å². The molecule has 2 aliphatic heterocycles. The number of rotatable bonds is 14. The second kappa shape index (κ2) is 21.5. The first-order valence-electron chi connectivity index (χ1n) is 20.4. The van der Waals surface area contributed by atoms with Crippen LogP contribution >= 0.6 is 0 Å². The van der Waals surface area contributed by atoms with Crippen molar-refractivity contribution < 1.29 is 63.7 Å². The number of hydrogen-bond donors (Lipinski definition) is 6. The van der Waals surface area contributed by atoms with Gasteiger partial charge < -0.3 is 44.1 Å². The van der Waals surface area contributed by atoms with Gasteiger partial charge in [-0.1, -0.05) is 39.8 Å². The molecule has 1 amide bonds. The summed E-state index contributed by atoms with van der Waals surface area (Å²) < 4.78 is 30.6. The zero-order valence-electron chi connectivity index (χ0n) is 35.6. The molecule has 0 spiro atoms. The molecule has 0 radical (unpaired) electrons. The first kappa shape index (κ1) is 48.6. The second-order valence-corrected chi connectivity index (χ2v) is 16.9. The molecule has 326 valence electrons. The quantitative estimate of drug-likeness (QED) is 0.0687. The Labute approximate surface area is 338 Å². The minimum atomic E-state index is -1.95. The first-order valence-corrected chi connectivity index (χ1v) is 20.4. The highest BCUT2D eigenvalue weighted by molar-refractivity contribution is 5.83. The smallest absolute Gasteiger partial charge is 0.311 e. The number of benzene rings is 1. The molecule has 6 N–H and O–H groups in total. The predicted octanol–water partition coefficient (Wildman–Crippen LogP) is 3.53. The van der Waals surface area contributed by atoms with E-state index in [-0.39, 0.29) is 31.1 Å². The van der Waals surface area contributed by atoms with Gasteiger partial charge in [-0.15, -0.1) is 0 Å². The summed E-state index contributed by atoms with van der Waals surface area (Å²) in [6, 6.07) is 7.29. The number of carbonyl (C=O) groups excluding carboxylic acids is 3. The van der Waals surface area contributed by atoms with E-state index in [4.69, 9.17) is 28.9 Å². The third kappa shape index (κ3) is 12.4. The lowest BCUT2D eigenvalue weighted by molar-refractivity contribution is -0.302. The second-order valence-electron chi connectivity index (χ2n) is 16.9.